The molecule has 2 aliphatic rings. The molecule has 1 amide bonds. The third-order valence-electron chi connectivity index (χ3n) is 4.63. The summed E-state index contributed by atoms with van der Waals surface area (Å²) in [7, 11) is 0. The summed E-state index contributed by atoms with van der Waals surface area (Å²) in [6, 6.07) is 6.10. The average molecular weight is 309 g/mol. The molecular formula is C17H25ClN2O. The number of carbonyl (C=O) groups is 1. The highest BCUT2D eigenvalue weighted by Crippen LogP contribution is 2.27. The molecule has 3 rings (SSSR count). The van der Waals surface area contributed by atoms with Gasteiger partial charge in [-0.3, -0.25) is 4.79 Å². The molecule has 2 aliphatic heterocycles. The maximum absolute atomic E-state index is 12.8. The Bertz CT molecular complexity index is 504. The minimum atomic E-state index is 0. The number of rotatable bonds is 1. The van der Waals surface area contributed by atoms with Crippen LogP contribution in [-0.2, 0) is 6.42 Å². The molecule has 1 aromatic carbocycles. The first-order chi connectivity index (χ1) is 9.75. The first-order valence-corrected chi connectivity index (χ1v) is 7.91. The third kappa shape index (κ3) is 3.52. The van der Waals surface area contributed by atoms with Crippen molar-refractivity contribution in [2.24, 2.45) is 5.92 Å². The Balaban J connectivity index is 0.00000161. The smallest absolute Gasteiger partial charge is 0.254 e. The number of nitrogens with one attached hydrogen (secondary N) is 1. The maximum atomic E-state index is 12.8. The Kier molecular flexibility index (Phi) is 5.51. The maximum Gasteiger partial charge on any atom is 0.254 e. The standard InChI is InChI=1S/C17H24N2O.ClH/c1-13-5-4-11-19(12-9-13)17(20)15-6-2-8-16-14(15)7-3-10-18-16;/h2,6,8,13,18H,3-5,7,9-12H2,1H3;1H. The molecule has 1 fully saturated rings. The summed E-state index contributed by atoms with van der Waals surface area (Å²) in [5, 5.41) is 3.41. The van der Waals surface area contributed by atoms with E-state index in [1.165, 1.54) is 12.0 Å². The SMILES string of the molecule is CC1CCCN(C(=O)c2cccc3c2CCCN3)CC1.Cl. The van der Waals surface area contributed by atoms with E-state index in [4.69, 9.17) is 0 Å². The Morgan fingerprint density at radius 3 is 2.95 bits per heavy atom. The summed E-state index contributed by atoms with van der Waals surface area (Å²) in [6.45, 7) is 5.14. The van der Waals surface area contributed by atoms with Crippen molar-refractivity contribution in [2.45, 2.75) is 39.0 Å². The van der Waals surface area contributed by atoms with E-state index in [9.17, 15) is 4.79 Å². The summed E-state index contributed by atoms with van der Waals surface area (Å²) in [5.41, 5.74) is 3.30. The first-order valence-electron chi connectivity index (χ1n) is 7.91. The fourth-order valence-corrected chi connectivity index (χ4v) is 3.35. The van der Waals surface area contributed by atoms with E-state index in [2.05, 4.69) is 23.2 Å². The van der Waals surface area contributed by atoms with E-state index in [-0.39, 0.29) is 18.3 Å². The molecule has 0 radical (unpaired) electrons. The Morgan fingerprint density at radius 2 is 2.10 bits per heavy atom. The largest absolute Gasteiger partial charge is 0.385 e. The van der Waals surface area contributed by atoms with Crippen LogP contribution in [0.5, 0.6) is 0 Å². The highest BCUT2D eigenvalue weighted by molar-refractivity contribution is 5.97. The number of nitrogens with zero attached hydrogens (tertiary/aromatic N) is 1. The zero-order valence-electron chi connectivity index (χ0n) is 12.7. The van der Waals surface area contributed by atoms with Crippen molar-refractivity contribution in [3.05, 3.63) is 29.3 Å². The van der Waals surface area contributed by atoms with Gasteiger partial charge in [0.15, 0.2) is 0 Å². The van der Waals surface area contributed by atoms with Gasteiger partial charge in [-0.05, 0) is 55.7 Å². The van der Waals surface area contributed by atoms with Gasteiger partial charge in [-0.15, -0.1) is 12.4 Å². The summed E-state index contributed by atoms with van der Waals surface area (Å²) in [5.74, 6) is 0.985. The highest BCUT2D eigenvalue weighted by atomic mass is 35.5. The van der Waals surface area contributed by atoms with Gasteiger partial charge >= 0.3 is 0 Å². The fourth-order valence-electron chi connectivity index (χ4n) is 3.35. The van der Waals surface area contributed by atoms with Crippen LogP contribution in [0.2, 0.25) is 0 Å². The van der Waals surface area contributed by atoms with Crippen LogP contribution in [0.25, 0.3) is 0 Å². The van der Waals surface area contributed by atoms with Gasteiger partial charge in [-0.1, -0.05) is 13.0 Å². The number of halogens is 1. The molecule has 0 aromatic heterocycles. The van der Waals surface area contributed by atoms with Gasteiger partial charge in [0.05, 0.1) is 0 Å². The number of carbonyl (C=O) groups excluding carboxylic acids is 1. The number of likely N-dealkylation sites (tertiary alicyclic amines) is 1. The van der Waals surface area contributed by atoms with Gasteiger partial charge in [0, 0.05) is 30.9 Å². The number of benzene rings is 1. The van der Waals surface area contributed by atoms with Crippen molar-refractivity contribution in [3.8, 4) is 0 Å². The van der Waals surface area contributed by atoms with E-state index in [1.807, 2.05) is 12.1 Å². The van der Waals surface area contributed by atoms with Crippen molar-refractivity contribution in [1.82, 2.24) is 4.90 Å². The van der Waals surface area contributed by atoms with Gasteiger partial charge in [0.1, 0.15) is 0 Å². The van der Waals surface area contributed by atoms with E-state index >= 15 is 0 Å². The second-order valence-corrected chi connectivity index (χ2v) is 6.19. The molecule has 116 valence electrons. The molecule has 0 aliphatic carbocycles. The Morgan fingerprint density at radius 1 is 1.24 bits per heavy atom. The fraction of sp³-hybridized carbons (Fsp3) is 0.588. The van der Waals surface area contributed by atoms with Crippen molar-refractivity contribution in [3.63, 3.8) is 0 Å². The molecular weight excluding hydrogens is 284 g/mol. The minimum Gasteiger partial charge on any atom is -0.385 e. The van der Waals surface area contributed by atoms with Gasteiger partial charge in [-0.25, -0.2) is 0 Å². The predicted octanol–water partition coefficient (Wildman–Crippen LogP) is 3.73. The van der Waals surface area contributed by atoms with E-state index < -0.39 is 0 Å². The summed E-state index contributed by atoms with van der Waals surface area (Å²) < 4.78 is 0. The van der Waals surface area contributed by atoms with Crippen LogP contribution in [0.3, 0.4) is 0 Å². The average Bonchev–Trinajstić information content (AvgIpc) is 2.71. The van der Waals surface area contributed by atoms with Crippen LogP contribution in [-0.4, -0.2) is 30.4 Å². The monoisotopic (exact) mass is 308 g/mol. The summed E-state index contributed by atoms with van der Waals surface area (Å²) in [6.07, 6.45) is 5.67. The third-order valence-corrected chi connectivity index (χ3v) is 4.63. The lowest BCUT2D eigenvalue weighted by atomic mass is 9.96. The zero-order valence-corrected chi connectivity index (χ0v) is 13.5. The molecule has 1 aromatic rings. The second-order valence-electron chi connectivity index (χ2n) is 6.19. The normalized spacial score (nSPS) is 21.6. The highest BCUT2D eigenvalue weighted by Gasteiger charge is 2.23. The lowest BCUT2D eigenvalue weighted by Gasteiger charge is -2.25. The van der Waals surface area contributed by atoms with Gasteiger partial charge in [0.2, 0.25) is 0 Å². The second kappa shape index (κ2) is 7.17. The van der Waals surface area contributed by atoms with Crippen molar-refractivity contribution in [2.75, 3.05) is 25.0 Å². The molecule has 3 nitrogen and oxygen atoms in total. The molecule has 0 spiro atoms. The molecule has 4 heteroatoms. The molecule has 0 saturated carbocycles. The van der Waals surface area contributed by atoms with Gasteiger partial charge in [0.25, 0.3) is 5.91 Å². The predicted molar refractivity (Wildman–Crippen MR) is 89.4 cm³/mol. The van der Waals surface area contributed by atoms with E-state index in [1.54, 1.807) is 0 Å². The van der Waals surface area contributed by atoms with Crippen LogP contribution in [0.1, 0.15) is 48.5 Å². The van der Waals surface area contributed by atoms with Crippen molar-refractivity contribution in [1.29, 1.82) is 0 Å². The number of amides is 1. The number of anilines is 1. The van der Waals surface area contributed by atoms with Crippen LogP contribution >= 0.6 is 12.4 Å². The van der Waals surface area contributed by atoms with Gasteiger partial charge < -0.3 is 10.2 Å². The topological polar surface area (TPSA) is 32.3 Å². The molecule has 1 unspecified atom stereocenters. The quantitative estimate of drug-likeness (QED) is 0.857. The number of hydrogen-bond acceptors (Lipinski definition) is 2. The molecule has 0 bridgehead atoms. The zero-order chi connectivity index (χ0) is 13.9. The summed E-state index contributed by atoms with van der Waals surface area (Å²) in [4.78, 5) is 14.9. The molecule has 21 heavy (non-hydrogen) atoms. The lowest BCUT2D eigenvalue weighted by Crippen LogP contribution is -2.33. The van der Waals surface area contributed by atoms with E-state index in [0.717, 1.165) is 62.5 Å². The molecule has 1 saturated heterocycles. The van der Waals surface area contributed by atoms with Crippen molar-refractivity contribution < 1.29 is 4.79 Å². The van der Waals surface area contributed by atoms with Crippen molar-refractivity contribution >= 4 is 24.0 Å². The molecule has 1 atom stereocenters. The number of fused-ring (bicyclic) bond motifs is 1. The van der Waals surface area contributed by atoms with Crippen LogP contribution < -0.4 is 5.32 Å². The Labute approximate surface area is 133 Å². The van der Waals surface area contributed by atoms with Crippen LogP contribution in [0.15, 0.2) is 18.2 Å². The molecule has 2 heterocycles. The minimum absolute atomic E-state index is 0. The van der Waals surface area contributed by atoms with Gasteiger partial charge in [-0.2, -0.15) is 0 Å². The van der Waals surface area contributed by atoms with E-state index in [0.29, 0.717) is 0 Å². The molecule has 1 N–H and O–H groups in total. The summed E-state index contributed by atoms with van der Waals surface area (Å²) >= 11 is 0. The van der Waals surface area contributed by atoms with Crippen LogP contribution in [0.4, 0.5) is 5.69 Å². The number of hydrogen-bond donors (Lipinski definition) is 1. The van der Waals surface area contributed by atoms with Crippen LogP contribution in [0, 0.1) is 5.92 Å². The Hall–Kier alpha value is -1.22. The first kappa shape index (κ1) is 16.2. The lowest BCUT2D eigenvalue weighted by molar-refractivity contribution is 0.0759.